The molecule has 1 saturated heterocycles. The number of halogens is 1. The molecule has 2 nitrogen and oxygen atoms in total. The average molecular weight is 264 g/mol. The summed E-state index contributed by atoms with van der Waals surface area (Å²) < 4.78 is 14.1. The third-order valence-corrected chi connectivity index (χ3v) is 4.07. The van der Waals surface area contributed by atoms with Gasteiger partial charge in [0.2, 0.25) is 0 Å². The maximum Gasteiger partial charge on any atom is 0.129 e. The van der Waals surface area contributed by atoms with E-state index < -0.39 is 0 Å². The van der Waals surface area contributed by atoms with Crippen LogP contribution < -0.4 is 10.2 Å². The molecule has 1 fully saturated rings. The summed E-state index contributed by atoms with van der Waals surface area (Å²) in [5, 5.41) is 3.24. The molecule has 0 bridgehead atoms. The van der Waals surface area contributed by atoms with Crippen molar-refractivity contribution in [2.75, 3.05) is 18.0 Å². The predicted molar refractivity (Wildman–Crippen MR) is 79.0 cm³/mol. The third-order valence-electron chi connectivity index (χ3n) is 4.07. The van der Waals surface area contributed by atoms with E-state index in [-0.39, 0.29) is 5.82 Å². The molecule has 0 aromatic heterocycles. The second-order valence-electron chi connectivity index (χ2n) is 5.70. The monoisotopic (exact) mass is 264 g/mol. The fraction of sp³-hybridized carbons (Fsp3) is 0.625. The number of hydrogen-bond acceptors (Lipinski definition) is 2. The summed E-state index contributed by atoms with van der Waals surface area (Å²) in [6, 6.07) is 5.95. The van der Waals surface area contributed by atoms with Crippen LogP contribution in [0.25, 0.3) is 0 Å². The Morgan fingerprint density at radius 3 is 2.84 bits per heavy atom. The van der Waals surface area contributed by atoms with Crippen LogP contribution in [0.15, 0.2) is 18.2 Å². The molecule has 1 aromatic rings. The highest BCUT2D eigenvalue weighted by Crippen LogP contribution is 2.31. The molecule has 0 saturated carbocycles. The van der Waals surface area contributed by atoms with Gasteiger partial charge in [0.1, 0.15) is 5.82 Å². The Kier molecular flexibility index (Phi) is 4.81. The van der Waals surface area contributed by atoms with Crippen LogP contribution in [-0.4, -0.2) is 19.1 Å². The number of piperidine rings is 1. The zero-order valence-corrected chi connectivity index (χ0v) is 12.2. The lowest BCUT2D eigenvalue weighted by atomic mass is 9.93. The number of nitrogens with zero attached hydrogens (tertiary/aromatic N) is 1. The molecule has 2 atom stereocenters. The largest absolute Gasteiger partial charge is 0.368 e. The van der Waals surface area contributed by atoms with Crippen molar-refractivity contribution in [1.82, 2.24) is 5.32 Å². The Morgan fingerprint density at radius 2 is 2.11 bits per heavy atom. The molecule has 19 heavy (non-hydrogen) atoms. The first-order valence-electron chi connectivity index (χ1n) is 7.38. The molecule has 106 valence electrons. The van der Waals surface area contributed by atoms with Crippen LogP contribution in [0, 0.1) is 11.7 Å². The average Bonchev–Trinajstić information content (AvgIpc) is 2.40. The minimum absolute atomic E-state index is 0.0936. The zero-order chi connectivity index (χ0) is 13.8. The van der Waals surface area contributed by atoms with Crippen molar-refractivity contribution in [3.05, 3.63) is 29.6 Å². The van der Waals surface area contributed by atoms with Crippen LogP contribution in [0.2, 0.25) is 0 Å². The van der Waals surface area contributed by atoms with Gasteiger partial charge in [-0.1, -0.05) is 19.9 Å². The Hall–Kier alpha value is -1.09. The lowest BCUT2D eigenvalue weighted by molar-refractivity contribution is 0.389. The molecule has 1 N–H and O–H groups in total. The summed E-state index contributed by atoms with van der Waals surface area (Å²) in [5.41, 5.74) is 1.88. The quantitative estimate of drug-likeness (QED) is 0.894. The van der Waals surface area contributed by atoms with Crippen molar-refractivity contribution in [2.24, 2.45) is 5.92 Å². The molecule has 0 spiro atoms. The molecule has 2 unspecified atom stereocenters. The second kappa shape index (κ2) is 6.38. The number of anilines is 1. The van der Waals surface area contributed by atoms with Gasteiger partial charge in [-0.3, -0.25) is 0 Å². The number of rotatable bonds is 4. The lowest BCUT2D eigenvalue weighted by Crippen LogP contribution is -2.42. The number of nitrogens with one attached hydrogen (secondary N) is 1. The van der Waals surface area contributed by atoms with E-state index in [4.69, 9.17) is 0 Å². The molecular weight excluding hydrogens is 239 g/mol. The normalized spacial score (nSPS) is 23.7. The lowest BCUT2D eigenvalue weighted by Gasteiger charge is -2.39. The Morgan fingerprint density at radius 1 is 1.32 bits per heavy atom. The summed E-state index contributed by atoms with van der Waals surface area (Å²) in [7, 11) is 0. The van der Waals surface area contributed by atoms with Crippen molar-refractivity contribution >= 4 is 5.69 Å². The maximum absolute atomic E-state index is 14.1. The van der Waals surface area contributed by atoms with Crippen molar-refractivity contribution in [3.63, 3.8) is 0 Å². The Labute approximate surface area is 116 Å². The van der Waals surface area contributed by atoms with Crippen molar-refractivity contribution in [1.29, 1.82) is 0 Å². The Balaban J connectivity index is 2.29. The highest BCUT2D eigenvalue weighted by atomic mass is 19.1. The minimum Gasteiger partial charge on any atom is -0.368 e. The van der Waals surface area contributed by atoms with Crippen LogP contribution in [0.3, 0.4) is 0 Å². The van der Waals surface area contributed by atoms with Gasteiger partial charge in [-0.25, -0.2) is 4.39 Å². The van der Waals surface area contributed by atoms with E-state index in [0.717, 1.165) is 24.3 Å². The summed E-state index contributed by atoms with van der Waals surface area (Å²) in [5.74, 6) is 0.593. The van der Waals surface area contributed by atoms with Gasteiger partial charge in [0.25, 0.3) is 0 Å². The van der Waals surface area contributed by atoms with Crippen LogP contribution in [0.4, 0.5) is 10.1 Å². The summed E-state index contributed by atoms with van der Waals surface area (Å²) in [4.78, 5) is 2.38. The van der Waals surface area contributed by atoms with E-state index >= 15 is 0 Å². The highest BCUT2D eigenvalue weighted by molar-refractivity contribution is 5.55. The first-order valence-corrected chi connectivity index (χ1v) is 7.38. The SMILES string of the molecule is CCNCc1c(F)cccc1N1CC(C)CCC1C. The molecule has 0 radical (unpaired) electrons. The molecular formula is C16H25FN2. The van der Waals surface area contributed by atoms with Crippen LogP contribution in [0.1, 0.15) is 39.2 Å². The molecule has 1 heterocycles. The minimum atomic E-state index is -0.0936. The van der Waals surface area contributed by atoms with E-state index in [1.807, 2.05) is 13.0 Å². The van der Waals surface area contributed by atoms with E-state index in [9.17, 15) is 4.39 Å². The smallest absolute Gasteiger partial charge is 0.129 e. The first-order chi connectivity index (χ1) is 9.13. The first kappa shape index (κ1) is 14.3. The van der Waals surface area contributed by atoms with Crippen LogP contribution >= 0.6 is 0 Å². The Bertz CT molecular complexity index is 419. The van der Waals surface area contributed by atoms with Crippen molar-refractivity contribution < 1.29 is 4.39 Å². The van der Waals surface area contributed by atoms with E-state index in [1.165, 1.54) is 12.8 Å². The summed E-state index contributed by atoms with van der Waals surface area (Å²) >= 11 is 0. The fourth-order valence-electron chi connectivity index (χ4n) is 2.87. The van der Waals surface area contributed by atoms with E-state index in [1.54, 1.807) is 6.07 Å². The number of benzene rings is 1. The van der Waals surface area contributed by atoms with E-state index in [2.05, 4.69) is 30.1 Å². The third kappa shape index (κ3) is 3.27. The maximum atomic E-state index is 14.1. The molecule has 2 rings (SSSR count). The molecule has 1 aliphatic rings. The molecule has 3 heteroatoms. The van der Waals surface area contributed by atoms with Gasteiger partial charge in [-0.05, 0) is 44.4 Å². The van der Waals surface area contributed by atoms with Gasteiger partial charge in [-0.15, -0.1) is 0 Å². The van der Waals surface area contributed by atoms with Gasteiger partial charge < -0.3 is 10.2 Å². The van der Waals surface area contributed by atoms with Gasteiger partial charge >= 0.3 is 0 Å². The van der Waals surface area contributed by atoms with Crippen molar-refractivity contribution in [3.8, 4) is 0 Å². The van der Waals surface area contributed by atoms with Gasteiger partial charge in [0, 0.05) is 30.4 Å². The summed E-state index contributed by atoms with van der Waals surface area (Å²) in [6.07, 6.45) is 2.47. The van der Waals surface area contributed by atoms with E-state index in [0.29, 0.717) is 18.5 Å². The van der Waals surface area contributed by atoms with Gasteiger partial charge in [0.15, 0.2) is 0 Å². The highest BCUT2D eigenvalue weighted by Gasteiger charge is 2.25. The molecule has 1 aliphatic heterocycles. The summed E-state index contributed by atoms with van der Waals surface area (Å²) in [6.45, 7) is 9.07. The standard InChI is InChI=1S/C16H25FN2/c1-4-18-10-14-15(17)6-5-7-16(14)19-11-12(2)8-9-13(19)3/h5-7,12-13,18H,4,8-11H2,1-3H3. The number of hydrogen-bond donors (Lipinski definition) is 1. The molecule has 1 aromatic carbocycles. The molecule has 0 amide bonds. The second-order valence-corrected chi connectivity index (χ2v) is 5.70. The van der Waals surface area contributed by atoms with Crippen molar-refractivity contribution in [2.45, 2.75) is 46.2 Å². The van der Waals surface area contributed by atoms with Crippen LogP contribution in [0.5, 0.6) is 0 Å². The predicted octanol–water partition coefficient (Wildman–Crippen LogP) is 3.56. The fourth-order valence-corrected chi connectivity index (χ4v) is 2.87. The van der Waals surface area contributed by atoms with Gasteiger partial charge in [-0.2, -0.15) is 0 Å². The topological polar surface area (TPSA) is 15.3 Å². The zero-order valence-electron chi connectivity index (χ0n) is 12.2. The molecule has 0 aliphatic carbocycles. The van der Waals surface area contributed by atoms with Gasteiger partial charge in [0.05, 0.1) is 0 Å². The van der Waals surface area contributed by atoms with Crippen LogP contribution in [-0.2, 0) is 6.54 Å².